The zero-order valence-electron chi connectivity index (χ0n) is 8.93. The van der Waals surface area contributed by atoms with Crippen molar-refractivity contribution in [2.45, 2.75) is 18.4 Å². The first-order chi connectivity index (χ1) is 7.92. The van der Waals surface area contributed by atoms with Gasteiger partial charge in [-0.05, 0) is 25.0 Å². The predicted octanol–water partition coefficient (Wildman–Crippen LogP) is 0.520. The van der Waals surface area contributed by atoms with Gasteiger partial charge < -0.3 is 21.3 Å². The number of benzene rings is 1. The SMILES string of the molecule is NC1(C(=O)Nc2ccc(C(=O)O)c(O)c2)CC1. The van der Waals surface area contributed by atoms with Gasteiger partial charge in [-0.3, -0.25) is 4.79 Å². The van der Waals surface area contributed by atoms with Crippen LogP contribution in [0.15, 0.2) is 18.2 Å². The third-order valence-electron chi connectivity index (χ3n) is 2.73. The van der Waals surface area contributed by atoms with Gasteiger partial charge in [-0.1, -0.05) is 0 Å². The van der Waals surface area contributed by atoms with Crippen LogP contribution in [-0.4, -0.2) is 27.6 Å². The molecule has 1 aromatic rings. The third kappa shape index (κ3) is 2.21. The van der Waals surface area contributed by atoms with E-state index in [2.05, 4.69) is 5.32 Å². The summed E-state index contributed by atoms with van der Waals surface area (Å²) in [5.74, 6) is -1.94. The van der Waals surface area contributed by atoms with Gasteiger partial charge in [0.25, 0.3) is 0 Å². The molecule has 6 nitrogen and oxygen atoms in total. The average molecular weight is 236 g/mol. The summed E-state index contributed by atoms with van der Waals surface area (Å²) < 4.78 is 0. The molecule has 1 aliphatic rings. The maximum atomic E-state index is 11.6. The summed E-state index contributed by atoms with van der Waals surface area (Å²) in [4.78, 5) is 22.2. The number of aromatic hydroxyl groups is 1. The van der Waals surface area contributed by atoms with E-state index in [9.17, 15) is 14.7 Å². The Bertz CT molecular complexity index is 494. The largest absolute Gasteiger partial charge is 0.507 e. The molecule has 0 heterocycles. The molecule has 2 rings (SSSR count). The molecule has 90 valence electrons. The van der Waals surface area contributed by atoms with E-state index >= 15 is 0 Å². The number of nitrogens with one attached hydrogen (secondary N) is 1. The summed E-state index contributed by atoms with van der Waals surface area (Å²) in [6.07, 6.45) is 1.27. The summed E-state index contributed by atoms with van der Waals surface area (Å²) in [6, 6.07) is 3.82. The maximum absolute atomic E-state index is 11.6. The van der Waals surface area contributed by atoms with Crippen LogP contribution >= 0.6 is 0 Å². The fourth-order valence-electron chi connectivity index (χ4n) is 1.41. The topological polar surface area (TPSA) is 113 Å². The molecule has 0 radical (unpaired) electrons. The van der Waals surface area contributed by atoms with Gasteiger partial charge in [-0.15, -0.1) is 0 Å². The maximum Gasteiger partial charge on any atom is 0.339 e. The summed E-state index contributed by atoms with van der Waals surface area (Å²) in [6.45, 7) is 0. The van der Waals surface area contributed by atoms with Crippen molar-refractivity contribution in [3.63, 3.8) is 0 Å². The Kier molecular flexibility index (Phi) is 2.51. The van der Waals surface area contributed by atoms with Crippen molar-refractivity contribution >= 4 is 17.6 Å². The highest BCUT2D eigenvalue weighted by atomic mass is 16.4. The highest BCUT2D eigenvalue weighted by molar-refractivity contribution is 6.00. The van der Waals surface area contributed by atoms with E-state index in [0.717, 1.165) is 0 Å². The van der Waals surface area contributed by atoms with E-state index in [1.165, 1.54) is 18.2 Å². The smallest absolute Gasteiger partial charge is 0.339 e. The normalized spacial score (nSPS) is 16.3. The minimum atomic E-state index is -1.22. The van der Waals surface area contributed by atoms with Gasteiger partial charge in [0.1, 0.15) is 11.3 Å². The van der Waals surface area contributed by atoms with E-state index in [1.807, 2.05) is 0 Å². The van der Waals surface area contributed by atoms with Crippen LogP contribution in [0.4, 0.5) is 5.69 Å². The molecule has 0 spiro atoms. The summed E-state index contributed by atoms with van der Waals surface area (Å²) in [5, 5.41) is 20.7. The zero-order valence-corrected chi connectivity index (χ0v) is 8.93. The lowest BCUT2D eigenvalue weighted by Crippen LogP contribution is -2.37. The number of anilines is 1. The van der Waals surface area contributed by atoms with Crippen LogP contribution < -0.4 is 11.1 Å². The molecule has 1 amide bonds. The number of nitrogens with two attached hydrogens (primary N) is 1. The van der Waals surface area contributed by atoms with Crippen LogP contribution in [0.3, 0.4) is 0 Å². The van der Waals surface area contributed by atoms with Crippen LogP contribution in [0.5, 0.6) is 5.75 Å². The first-order valence-corrected chi connectivity index (χ1v) is 5.09. The average Bonchev–Trinajstić information content (AvgIpc) is 2.97. The van der Waals surface area contributed by atoms with Crippen molar-refractivity contribution in [1.29, 1.82) is 0 Å². The Balaban J connectivity index is 2.15. The number of carbonyl (C=O) groups is 2. The molecule has 5 N–H and O–H groups in total. The summed E-state index contributed by atoms with van der Waals surface area (Å²) in [7, 11) is 0. The fourth-order valence-corrected chi connectivity index (χ4v) is 1.41. The van der Waals surface area contributed by atoms with E-state index in [0.29, 0.717) is 18.5 Å². The van der Waals surface area contributed by atoms with Gasteiger partial charge >= 0.3 is 5.97 Å². The monoisotopic (exact) mass is 236 g/mol. The lowest BCUT2D eigenvalue weighted by molar-refractivity contribution is -0.118. The Morgan fingerprint density at radius 2 is 2.00 bits per heavy atom. The van der Waals surface area contributed by atoms with Gasteiger partial charge in [0.05, 0.1) is 5.54 Å². The van der Waals surface area contributed by atoms with Gasteiger partial charge in [0, 0.05) is 11.8 Å². The van der Waals surface area contributed by atoms with Crippen molar-refractivity contribution in [3.8, 4) is 5.75 Å². The van der Waals surface area contributed by atoms with Gasteiger partial charge in [-0.2, -0.15) is 0 Å². The van der Waals surface area contributed by atoms with Crippen LogP contribution in [0, 0.1) is 0 Å². The molecule has 0 aromatic heterocycles. The molecule has 0 saturated heterocycles. The molecule has 17 heavy (non-hydrogen) atoms. The van der Waals surface area contributed by atoms with Crippen molar-refractivity contribution in [1.82, 2.24) is 0 Å². The van der Waals surface area contributed by atoms with Crippen LogP contribution in [-0.2, 0) is 4.79 Å². The van der Waals surface area contributed by atoms with E-state index in [4.69, 9.17) is 10.8 Å². The molecule has 0 bridgehead atoms. The first kappa shape index (κ1) is 11.4. The number of carbonyl (C=O) groups excluding carboxylic acids is 1. The molecule has 1 aromatic carbocycles. The first-order valence-electron chi connectivity index (χ1n) is 5.09. The summed E-state index contributed by atoms with van der Waals surface area (Å²) in [5.41, 5.74) is 5.00. The zero-order chi connectivity index (χ0) is 12.6. The van der Waals surface area contributed by atoms with Crippen molar-refractivity contribution < 1.29 is 19.8 Å². The predicted molar refractivity (Wildman–Crippen MR) is 59.8 cm³/mol. The third-order valence-corrected chi connectivity index (χ3v) is 2.73. The second kappa shape index (κ2) is 3.74. The molecular formula is C11H12N2O4. The molecule has 1 aliphatic carbocycles. The number of phenols is 1. The Labute approximate surface area is 97.1 Å². The molecule has 1 fully saturated rings. The van der Waals surface area contributed by atoms with Crippen LogP contribution in [0.25, 0.3) is 0 Å². The lowest BCUT2D eigenvalue weighted by atomic mass is 10.1. The number of rotatable bonds is 3. The Morgan fingerprint density at radius 3 is 2.47 bits per heavy atom. The quantitative estimate of drug-likeness (QED) is 0.611. The number of hydrogen-bond acceptors (Lipinski definition) is 4. The summed E-state index contributed by atoms with van der Waals surface area (Å²) >= 11 is 0. The van der Waals surface area contributed by atoms with Crippen LogP contribution in [0.1, 0.15) is 23.2 Å². The van der Waals surface area contributed by atoms with Crippen LogP contribution in [0.2, 0.25) is 0 Å². The van der Waals surface area contributed by atoms with E-state index in [-0.39, 0.29) is 11.5 Å². The fraction of sp³-hybridized carbons (Fsp3) is 0.273. The van der Waals surface area contributed by atoms with Gasteiger partial charge in [0.15, 0.2) is 0 Å². The van der Waals surface area contributed by atoms with E-state index < -0.39 is 17.3 Å². The molecule has 0 atom stereocenters. The Hall–Kier alpha value is -2.08. The van der Waals surface area contributed by atoms with Crippen molar-refractivity contribution in [2.75, 3.05) is 5.32 Å². The molecule has 1 saturated carbocycles. The standard InChI is InChI=1S/C11H12N2O4/c12-11(3-4-11)10(17)13-6-1-2-7(9(15)16)8(14)5-6/h1-2,5,14H,3-4,12H2,(H,13,17)(H,15,16). The van der Waals surface area contributed by atoms with Crippen molar-refractivity contribution in [3.05, 3.63) is 23.8 Å². The highest BCUT2D eigenvalue weighted by Gasteiger charge is 2.45. The number of aromatic carboxylic acids is 1. The number of carboxylic acids is 1. The number of carboxylic acid groups (broad SMARTS) is 1. The minimum Gasteiger partial charge on any atom is -0.507 e. The van der Waals surface area contributed by atoms with Gasteiger partial charge in [0.2, 0.25) is 5.91 Å². The second-order valence-corrected chi connectivity index (χ2v) is 4.15. The highest BCUT2D eigenvalue weighted by Crippen LogP contribution is 2.33. The Morgan fingerprint density at radius 1 is 1.35 bits per heavy atom. The molecular weight excluding hydrogens is 224 g/mol. The second-order valence-electron chi connectivity index (χ2n) is 4.15. The number of amides is 1. The molecule has 0 aliphatic heterocycles. The number of hydrogen-bond donors (Lipinski definition) is 4. The molecule has 6 heteroatoms. The lowest BCUT2D eigenvalue weighted by Gasteiger charge is -2.10. The molecule has 0 unspecified atom stereocenters. The van der Waals surface area contributed by atoms with Crippen molar-refractivity contribution in [2.24, 2.45) is 5.73 Å². The minimum absolute atomic E-state index is 0.211. The van der Waals surface area contributed by atoms with Gasteiger partial charge in [-0.25, -0.2) is 4.79 Å². The van der Waals surface area contributed by atoms with E-state index in [1.54, 1.807) is 0 Å².